The highest BCUT2D eigenvalue weighted by Gasteiger charge is 2.37. The van der Waals surface area contributed by atoms with E-state index in [0.717, 1.165) is 0 Å². The molecule has 15 heavy (non-hydrogen) atoms. The van der Waals surface area contributed by atoms with Crippen molar-refractivity contribution in [3.8, 4) is 0 Å². The molecule has 0 bridgehead atoms. The molecule has 1 aliphatic rings. The maximum absolute atomic E-state index is 10.4. The normalized spacial score (nSPS) is 37.9. The second kappa shape index (κ2) is 4.73. The van der Waals surface area contributed by atoms with E-state index in [-0.39, 0.29) is 12.5 Å². The molecule has 1 heterocycles. The Balaban J connectivity index is 2.66. The van der Waals surface area contributed by atoms with Gasteiger partial charge in [-0.2, -0.15) is 0 Å². The first kappa shape index (κ1) is 12.8. The summed E-state index contributed by atoms with van der Waals surface area (Å²) >= 11 is 0. The fourth-order valence-electron chi connectivity index (χ4n) is 1.51. The van der Waals surface area contributed by atoms with Crippen LogP contribution >= 0.6 is 0 Å². The second-order valence-electron chi connectivity index (χ2n) is 3.46. The molecule has 0 amide bonds. The molecule has 4 atom stereocenters. The number of hydrogen-bond donors (Lipinski definition) is 3. The van der Waals surface area contributed by atoms with Gasteiger partial charge in [-0.15, -0.1) is 0 Å². The van der Waals surface area contributed by atoms with Gasteiger partial charge in [0.2, 0.25) is 0 Å². The fraction of sp³-hybridized carbons (Fsp3) is 1.00. The summed E-state index contributed by atoms with van der Waals surface area (Å²) in [7, 11) is -4.71. The Hall–Kier alpha value is -0.250. The molecule has 1 saturated heterocycles. The first-order chi connectivity index (χ1) is 6.83. The number of aliphatic hydroxyl groups is 2. The maximum atomic E-state index is 10.4. The van der Waals surface area contributed by atoms with Gasteiger partial charge >= 0.3 is 0 Å². The number of hydrogen-bond acceptors (Lipinski definition) is 6. The lowest BCUT2D eigenvalue weighted by Crippen LogP contribution is -2.56. The zero-order valence-electron chi connectivity index (χ0n) is 8.16. The van der Waals surface area contributed by atoms with Crippen LogP contribution in [0, 0.1) is 0 Å². The van der Waals surface area contributed by atoms with Crippen molar-refractivity contribution in [3.63, 3.8) is 0 Å². The van der Waals surface area contributed by atoms with Gasteiger partial charge in [-0.05, 0) is 6.42 Å². The van der Waals surface area contributed by atoms with Crippen LogP contribution < -0.4 is 4.72 Å². The van der Waals surface area contributed by atoms with E-state index in [0.29, 0.717) is 6.42 Å². The molecule has 1 aliphatic heterocycles. The summed E-state index contributed by atoms with van der Waals surface area (Å²) in [6.45, 7) is 1.81. The van der Waals surface area contributed by atoms with Crippen molar-refractivity contribution < 1.29 is 27.9 Å². The standard InChI is InChI=1S/C7H15NO6S/c1-2-4-3-5(9)6(7(10)14-4)8-15(11,12)13/h4-10H,2-3H2,1H3,(H,11,12,13)/p-1. The minimum atomic E-state index is -4.71. The summed E-state index contributed by atoms with van der Waals surface area (Å²) < 4.78 is 37.8. The van der Waals surface area contributed by atoms with Gasteiger partial charge in [0.05, 0.1) is 18.2 Å². The molecular weight excluding hydrogens is 226 g/mol. The van der Waals surface area contributed by atoms with Crippen LogP contribution in [-0.4, -0.2) is 47.7 Å². The fourth-order valence-corrected chi connectivity index (χ4v) is 2.12. The van der Waals surface area contributed by atoms with Crippen LogP contribution in [-0.2, 0) is 15.0 Å². The van der Waals surface area contributed by atoms with Crippen molar-refractivity contribution in [1.82, 2.24) is 4.72 Å². The molecular formula is C7H14NO6S-. The van der Waals surface area contributed by atoms with Crippen LogP contribution in [0.15, 0.2) is 0 Å². The summed E-state index contributed by atoms with van der Waals surface area (Å²) in [5, 5.41) is 18.9. The smallest absolute Gasteiger partial charge is 0.173 e. The highest BCUT2D eigenvalue weighted by molar-refractivity contribution is 7.83. The van der Waals surface area contributed by atoms with Gasteiger partial charge in [0.25, 0.3) is 0 Å². The van der Waals surface area contributed by atoms with Crippen LogP contribution in [0.1, 0.15) is 19.8 Å². The molecule has 7 nitrogen and oxygen atoms in total. The van der Waals surface area contributed by atoms with E-state index >= 15 is 0 Å². The minimum Gasteiger partial charge on any atom is -0.735 e. The summed E-state index contributed by atoms with van der Waals surface area (Å²) in [5.74, 6) is 0. The van der Waals surface area contributed by atoms with Crippen molar-refractivity contribution >= 4 is 10.3 Å². The van der Waals surface area contributed by atoms with Crippen molar-refractivity contribution in [3.05, 3.63) is 0 Å². The second-order valence-corrected chi connectivity index (χ2v) is 4.60. The lowest BCUT2D eigenvalue weighted by Gasteiger charge is -2.37. The Bertz CT molecular complexity index is 293. The Morgan fingerprint density at radius 2 is 2.13 bits per heavy atom. The predicted octanol–water partition coefficient (Wildman–Crippen LogP) is -1.72. The van der Waals surface area contributed by atoms with Crippen LogP contribution in [0.5, 0.6) is 0 Å². The average molecular weight is 240 g/mol. The molecule has 0 aromatic heterocycles. The van der Waals surface area contributed by atoms with E-state index in [1.54, 1.807) is 4.72 Å². The Kier molecular flexibility index (Phi) is 4.04. The number of nitrogens with one attached hydrogen (secondary N) is 1. The predicted molar refractivity (Wildman–Crippen MR) is 48.4 cm³/mol. The van der Waals surface area contributed by atoms with Gasteiger partial charge < -0.3 is 19.5 Å². The zero-order valence-corrected chi connectivity index (χ0v) is 8.98. The first-order valence-electron chi connectivity index (χ1n) is 4.58. The molecule has 90 valence electrons. The molecule has 0 aromatic carbocycles. The molecule has 3 N–H and O–H groups in total. The number of aliphatic hydroxyl groups excluding tert-OH is 2. The average Bonchev–Trinajstić information content (AvgIpc) is 2.09. The first-order valence-corrected chi connectivity index (χ1v) is 5.99. The van der Waals surface area contributed by atoms with E-state index in [1.807, 2.05) is 6.92 Å². The molecule has 4 unspecified atom stereocenters. The molecule has 0 radical (unpaired) electrons. The topological polar surface area (TPSA) is 119 Å². The van der Waals surface area contributed by atoms with Gasteiger partial charge in [-0.3, -0.25) is 0 Å². The lowest BCUT2D eigenvalue weighted by molar-refractivity contribution is -0.203. The van der Waals surface area contributed by atoms with Crippen molar-refractivity contribution in [2.75, 3.05) is 0 Å². The highest BCUT2D eigenvalue weighted by atomic mass is 32.2. The molecule has 0 aliphatic carbocycles. The van der Waals surface area contributed by atoms with Crippen molar-refractivity contribution in [1.29, 1.82) is 0 Å². The molecule has 0 spiro atoms. The largest absolute Gasteiger partial charge is 0.735 e. The van der Waals surface area contributed by atoms with Crippen LogP contribution in [0.25, 0.3) is 0 Å². The molecule has 8 heteroatoms. The molecule has 0 aromatic rings. The lowest BCUT2D eigenvalue weighted by atomic mass is 10.00. The third-order valence-corrected chi connectivity index (χ3v) is 2.85. The SMILES string of the molecule is CCC1CC(O)C(NS(=O)(=O)[O-])C(O)O1. The van der Waals surface area contributed by atoms with E-state index in [9.17, 15) is 23.2 Å². The Morgan fingerprint density at radius 3 is 2.53 bits per heavy atom. The van der Waals surface area contributed by atoms with Crippen molar-refractivity contribution in [2.24, 2.45) is 0 Å². The van der Waals surface area contributed by atoms with E-state index in [1.165, 1.54) is 0 Å². The zero-order chi connectivity index (χ0) is 11.6. The van der Waals surface area contributed by atoms with Crippen LogP contribution in [0.3, 0.4) is 0 Å². The van der Waals surface area contributed by atoms with Gasteiger partial charge in [0.1, 0.15) is 0 Å². The summed E-state index contributed by atoms with van der Waals surface area (Å²) in [6.07, 6.45) is -2.18. The number of ether oxygens (including phenoxy) is 1. The summed E-state index contributed by atoms with van der Waals surface area (Å²) in [6, 6.07) is -1.30. The third kappa shape index (κ3) is 3.67. The third-order valence-electron chi connectivity index (χ3n) is 2.29. The number of rotatable bonds is 3. The summed E-state index contributed by atoms with van der Waals surface area (Å²) in [4.78, 5) is 0. The highest BCUT2D eigenvalue weighted by Crippen LogP contribution is 2.21. The van der Waals surface area contributed by atoms with Gasteiger partial charge in [0.15, 0.2) is 16.6 Å². The Labute approximate surface area is 87.9 Å². The van der Waals surface area contributed by atoms with Crippen LogP contribution in [0.4, 0.5) is 0 Å². The molecule has 1 rings (SSSR count). The van der Waals surface area contributed by atoms with Crippen molar-refractivity contribution in [2.45, 2.75) is 44.3 Å². The minimum absolute atomic E-state index is 0.181. The van der Waals surface area contributed by atoms with E-state index in [2.05, 4.69) is 0 Å². The van der Waals surface area contributed by atoms with Gasteiger partial charge in [0, 0.05) is 6.42 Å². The molecule has 0 saturated carbocycles. The molecule has 1 fully saturated rings. The van der Waals surface area contributed by atoms with Gasteiger partial charge in [-0.1, -0.05) is 6.92 Å². The maximum Gasteiger partial charge on any atom is 0.173 e. The summed E-state index contributed by atoms with van der Waals surface area (Å²) in [5.41, 5.74) is 0. The quantitative estimate of drug-likeness (QED) is 0.505. The van der Waals surface area contributed by atoms with E-state index < -0.39 is 28.7 Å². The Morgan fingerprint density at radius 1 is 1.53 bits per heavy atom. The monoisotopic (exact) mass is 240 g/mol. The van der Waals surface area contributed by atoms with Crippen LogP contribution in [0.2, 0.25) is 0 Å². The van der Waals surface area contributed by atoms with E-state index in [4.69, 9.17) is 4.74 Å². The van der Waals surface area contributed by atoms with Gasteiger partial charge in [-0.25, -0.2) is 13.1 Å².